The van der Waals surface area contributed by atoms with Crippen LogP contribution in [0.25, 0.3) is 35.4 Å². The highest BCUT2D eigenvalue weighted by molar-refractivity contribution is 9.08. The van der Waals surface area contributed by atoms with E-state index in [9.17, 15) is 0 Å². The lowest BCUT2D eigenvalue weighted by molar-refractivity contribution is 1.43. The molecule has 2 heterocycles. The maximum Gasteiger partial charge on any atom is 0.0283 e. The van der Waals surface area contributed by atoms with E-state index in [0.717, 1.165) is 10.7 Å². The van der Waals surface area contributed by atoms with Crippen molar-refractivity contribution in [1.29, 1.82) is 0 Å². The summed E-state index contributed by atoms with van der Waals surface area (Å²) in [6.45, 7) is 0. The summed E-state index contributed by atoms with van der Waals surface area (Å²) in [5.41, 5.74) is 7.61. The molecule has 4 aromatic rings. The van der Waals surface area contributed by atoms with E-state index in [2.05, 4.69) is 128 Å². The lowest BCUT2D eigenvalue weighted by Crippen LogP contribution is -1.76. The van der Waals surface area contributed by atoms with Gasteiger partial charge in [0.05, 0.1) is 0 Å². The summed E-state index contributed by atoms with van der Waals surface area (Å²) in [6.07, 6.45) is 8.74. The van der Waals surface area contributed by atoms with Crippen LogP contribution in [-0.2, 0) is 10.7 Å². The zero-order chi connectivity index (χ0) is 20.8. The first kappa shape index (κ1) is 21.5. The maximum absolute atomic E-state index is 3.49. The van der Waals surface area contributed by atoms with Crippen LogP contribution < -0.4 is 0 Å². The van der Waals surface area contributed by atoms with Gasteiger partial charge in [-0.15, -0.1) is 22.7 Å². The van der Waals surface area contributed by atoms with Gasteiger partial charge in [0.15, 0.2) is 0 Å². The zero-order valence-corrected chi connectivity index (χ0v) is 21.0. The maximum atomic E-state index is 3.49. The molecule has 30 heavy (non-hydrogen) atoms. The summed E-state index contributed by atoms with van der Waals surface area (Å²) in [6, 6.07) is 21.8. The second-order valence-corrected chi connectivity index (χ2v) is 9.90. The second kappa shape index (κ2) is 10.5. The van der Waals surface area contributed by atoms with E-state index in [-0.39, 0.29) is 0 Å². The highest BCUT2D eigenvalue weighted by atomic mass is 79.9. The Balaban J connectivity index is 1.42. The first-order valence-corrected chi connectivity index (χ1v) is 13.6. The molecule has 0 amide bonds. The number of benzene rings is 2. The van der Waals surface area contributed by atoms with Crippen molar-refractivity contribution in [3.8, 4) is 11.1 Å². The average molecular weight is 556 g/mol. The molecule has 150 valence electrons. The molecule has 4 rings (SSSR count). The third-order valence-corrected chi connectivity index (χ3v) is 7.81. The molecule has 0 bridgehead atoms. The lowest BCUT2D eigenvalue weighted by Gasteiger charge is -1.96. The molecule has 2 aromatic heterocycles. The van der Waals surface area contributed by atoms with Crippen molar-refractivity contribution in [2.24, 2.45) is 0 Å². The number of alkyl halides is 2. The molecule has 0 fully saturated rings. The molecule has 0 radical (unpaired) electrons. The van der Waals surface area contributed by atoms with Crippen LogP contribution in [0.1, 0.15) is 32.0 Å². The molecule has 0 spiro atoms. The Morgan fingerprint density at radius 3 is 1.33 bits per heavy atom. The number of hydrogen-bond acceptors (Lipinski definition) is 2. The summed E-state index contributed by atoms with van der Waals surface area (Å²) in [5.74, 6) is 0. The Morgan fingerprint density at radius 1 is 0.567 bits per heavy atom. The van der Waals surface area contributed by atoms with Crippen LogP contribution in [0.15, 0.2) is 71.4 Å². The van der Waals surface area contributed by atoms with Crippen molar-refractivity contribution in [1.82, 2.24) is 0 Å². The Hall–Kier alpha value is -1.72. The van der Waals surface area contributed by atoms with Gasteiger partial charge in [0.2, 0.25) is 0 Å². The number of rotatable bonds is 7. The van der Waals surface area contributed by atoms with Crippen molar-refractivity contribution >= 4 is 78.8 Å². The Morgan fingerprint density at radius 2 is 0.967 bits per heavy atom. The van der Waals surface area contributed by atoms with Crippen LogP contribution in [0.3, 0.4) is 0 Å². The molecule has 0 aliphatic rings. The van der Waals surface area contributed by atoms with Gasteiger partial charge >= 0.3 is 0 Å². The standard InChI is InChI=1S/C26H20Br2S2/c27-15-21-5-1-19(2-6-21)9-11-25-13-23(17-29-25)24-14-26(30-18-24)12-10-20-3-7-22(16-28)8-4-20/h1-14,17-18H,15-16H2. The molecule has 0 nitrogen and oxygen atoms in total. The Bertz CT molecular complexity index is 1050. The van der Waals surface area contributed by atoms with Crippen LogP contribution in [0.5, 0.6) is 0 Å². The van der Waals surface area contributed by atoms with Crippen molar-refractivity contribution < 1.29 is 0 Å². The first-order valence-electron chi connectivity index (χ1n) is 9.57. The quantitative estimate of drug-likeness (QED) is 0.199. The summed E-state index contributed by atoms with van der Waals surface area (Å²) in [4.78, 5) is 2.54. The first-order chi connectivity index (χ1) is 14.7. The number of thiophene rings is 2. The molecular formula is C26H20Br2S2. The summed E-state index contributed by atoms with van der Waals surface area (Å²) in [5, 5.41) is 6.27. The summed E-state index contributed by atoms with van der Waals surface area (Å²) < 4.78 is 0. The fourth-order valence-electron chi connectivity index (χ4n) is 2.98. The van der Waals surface area contributed by atoms with Crippen LogP contribution in [0.4, 0.5) is 0 Å². The van der Waals surface area contributed by atoms with Gasteiger partial charge in [-0.2, -0.15) is 0 Å². The van der Waals surface area contributed by atoms with E-state index in [1.54, 1.807) is 22.7 Å². The van der Waals surface area contributed by atoms with E-state index in [4.69, 9.17) is 0 Å². The minimum atomic E-state index is 0.895. The predicted molar refractivity (Wildman–Crippen MR) is 144 cm³/mol. The van der Waals surface area contributed by atoms with E-state index >= 15 is 0 Å². The van der Waals surface area contributed by atoms with Crippen LogP contribution in [-0.4, -0.2) is 0 Å². The molecule has 0 aliphatic carbocycles. The molecule has 0 atom stereocenters. The highest BCUT2D eigenvalue weighted by Crippen LogP contribution is 2.31. The van der Waals surface area contributed by atoms with E-state index < -0.39 is 0 Å². The third-order valence-electron chi connectivity index (χ3n) is 4.72. The predicted octanol–water partition coefficient (Wildman–Crippen LogP) is 9.61. The number of hydrogen-bond donors (Lipinski definition) is 0. The van der Waals surface area contributed by atoms with Gasteiger partial charge in [-0.3, -0.25) is 0 Å². The fraction of sp³-hybridized carbons (Fsp3) is 0.0769. The molecule has 0 saturated carbocycles. The molecule has 2 aromatic carbocycles. The van der Waals surface area contributed by atoms with Gasteiger partial charge in [-0.1, -0.05) is 92.5 Å². The van der Waals surface area contributed by atoms with Crippen molar-refractivity contribution in [2.45, 2.75) is 10.7 Å². The molecule has 0 unspecified atom stereocenters. The number of halogens is 2. The van der Waals surface area contributed by atoms with E-state index in [1.165, 1.54) is 43.1 Å². The fourth-order valence-corrected chi connectivity index (χ4v) is 5.34. The van der Waals surface area contributed by atoms with Gasteiger partial charge in [0, 0.05) is 20.4 Å². The minimum absolute atomic E-state index is 0.895. The molecular weight excluding hydrogens is 536 g/mol. The molecule has 0 N–H and O–H groups in total. The minimum Gasteiger partial charge on any atom is -0.144 e. The summed E-state index contributed by atoms with van der Waals surface area (Å²) >= 11 is 10.5. The van der Waals surface area contributed by atoms with Gasteiger partial charge < -0.3 is 0 Å². The van der Waals surface area contributed by atoms with Crippen molar-refractivity contribution in [2.75, 3.05) is 0 Å². The normalized spacial score (nSPS) is 11.7. The monoisotopic (exact) mass is 554 g/mol. The molecule has 4 heteroatoms. The topological polar surface area (TPSA) is 0 Å². The second-order valence-electron chi connectivity index (χ2n) is 6.89. The molecule has 0 saturated heterocycles. The van der Waals surface area contributed by atoms with Gasteiger partial charge in [0.1, 0.15) is 0 Å². The smallest absolute Gasteiger partial charge is 0.0283 e. The highest BCUT2D eigenvalue weighted by Gasteiger charge is 2.04. The zero-order valence-electron chi connectivity index (χ0n) is 16.2. The average Bonchev–Trinajstić information content (AvgIpc) is 3.46. The largest absolute Gasteiger partial charge is 0.144 e. The van der Waals surface area contributed by atoms with Crippen molar-refractivity contribution in [3.05, 3.63) is 103 Å². The third kappa shape index (κ3) is 5.70. The van der Waals surface area contributed by atoms with Crippen LogP contribution in [0, 0.1) is 0 Å². The van der Waals surface area contributed by atoms with Crippen LogP contribution >= 0.6 is 54.5 Å². The lowest BCUT2D eigenvalue weighted by atomic mass is 10.1. The summed E-state index contributed by atoms with van der Waals surface area (Å²) in [7, 11) is 0. The van der Waals surface area contributed by atoms with Gasteiger partial charge in [-0.25, -0.2) is 0 Å². The van der Waals surface area contributed by atoms with E-state index in [0.29, 0.717) is 0 Å². The van der Waals surface area contributed by atoms with Gasteiger partial charge in [-0.05, 0) is 68.4 Å². The van der Waals surface area contributed by atoms with Gasteiger partial charge in [0.25, 0.3) is 0 Å². The van der Waals surface area contributed by atoms with E-state index in [1.807, 2.05) is 0 Å². The Labute approximate surface area is 202 Å². The molecule has 0 aliphatic heterocycles. The van der Waals surface area contributed by atoms with Crippen molar-refractivity contribution in [3.63, 3.8) is 0 Å². The van der Waals surface area contributed by atoms with Crippen LogP contribution in [0.2, 0.25) is 0 Å². The Kier molecular flexibility index (Phi) is 7.56. The SMILES string of the molecule is BrCc1ccc(C=Cc2cc(-c3csc(C=Cc4ccc(CBr)cc4)c3)cs2)cc1.